The third-order valence-corrected chi connectivity index (χ3v) is 7.88. The number of aromatic nitrogens is 2. The van der Waals surface area contributed by atoms with Crippen molar-refractivity contribution in [3.63, 3.8) is 0 Å². The van der Waals surface area contributed by atoms with E-state index < -0.39 is 0 Å². The van der Waals surface area contributed by atoms with Gasteiger partial charge in [-0.05, 0) is 25.8 Å². The topological polar surface area (TPSA) is 37.8 Å². The van der Waals surface area contributed by atoms with Gasteiger partial charge >= 0.3 is 0 Å². The molecule has 0 amide bonds. The second-order valence-corrected chi connectivity index (χ2v) is 9.00. The number of rotatable bonds is 3. The lowest BCUT2D eigenvalue weighted by Gasteiger charge is -2.31. The predicted octanol–water partition coefficient (Wildman–Crippen LogP) is 3.76. The van der Waals surface area contributed by atoms with Crippen molar-refractivity contribution < 1.29 is 0 Å². The smallest absolute Gasteiger partial charge is 0.142 e. The van der Waals surface area contributed by atoms with Gasteiger partial charge in [-0.15, -0.1) is 11.8 Å². The first-order valence-corrected chi connectivity index (χ1v) is 10.0. The Kier molecular flexibility index (Phi) is 5.12. The predicted molar refractivity (Wildman–Crippen MR) is 93.1 cm³/mol. The highest BCUT2D eigenvalue weighted by molar-refractivity contribution is 8.07. The van der Waals surface area contributed by atoms with Crippen LogP contribution in [0, 0.1) is 0 Å². The lowest BCUT2D eigenvalue weighted by molar-refractivity contribution is 0.462. The maximum Gasteiger partial charge on any atom is 0.142 e. The summed E-state index contributed by atoms with van der Waals surface area (Å²) in [5, 5.41) is 5.45. The number of fused-ring (bicyclic) bond motifs is 1. The quantitative estimate of drug-likeness (QED) is 0.917. The van der Waals surface area contributed by atoms with Crippen molar-refractivity contribution in [3.05, 3.63) is 23.3 Å². The standard InChI is InChI=1S/C16H25N3S2/c1-4-17-13-6-5-7-14-12(13)8-18-16(19-14)15-9-20-10(2)11(3)21-15/h8,10-11,13,15,17H,4-7,9H2,1-3H3. The minimum Gasteiger partial charge on any atom is -0.310 e. The van der Waals surface area contributed by atoms with Gasteiger partial charge < -0.3 is 5.32 Å². The number of hydrogen-bond donors (Lipinski definition) is 1. The molecular formula is C16H25N3S2. The van der Waals surface area contributed by atoms with Crippen molar-refractivity contribution in [1.82, 2.24) is 15.3 Å². The SMILES string of the molecule is CCNC1CCCc2nc(C3CSC(C)C(C)S3)ncc21. The molecule has 1 fully saturated rings. The zero-order chi connectivity index (χ0) is 14.8. The Hall–Kier alpha value is -0.260. The summed E-state index contributed by atoms with van der Waals surface area (Å²) in [6, 6.07) is 0.458. The number of nitrogens with zero attached hydrogens (tertiary/aromatic N) is 2. The van der Waals surface area contributed by atoms with Crippen molar-refractivity contribution in [1.29, 1.82) is 0 Å². The van der Waals surface area contributed by atoms with Crippen LogP contribution in [0.4, 0.5) is 0 Å². The molecule has 2 aliphatic rings. The normalized spacial score (nSPS) is 32.7. The molecular weight excluding hydrogens is 298 g/mol. The van der Waals surface area contributed by atoms with Crippen molar-refractivity contribution in [2.45, 2.75) is 61.8 Å². The molecule has 4 atom stereocenters. The molecule has 1 aromatic heterocycles. The first-order chi connectivity index (χ1) is 10.2. The van der Waals surface area contributed by atoms with E-state index in [1.807, 2.05) is 11.8 Å². The molecule has 0 saturated carbocycles. The van der Waals surface area contributed by atoms with Crippen molar-refractivity contribution in [2.75, 3.05) is 12.3 Å². The Morgan fingerprint density at radius 2 is 2.19 bits per heavy atom. The highest BCUT2D eigenvalue weighted by Gasteiger charge is 2.30. The monoisotopic (exact) mass is 323 g/mol. The molecule has 1 saturated heterocycles. The Labute approximate surface area is 136 Å². The summed E-state index contributed by atoms with van der Waals surface area (Å²) in [5.74, 6) is 2.20. The fourth-order valence-electron chi connectivity index (χ4n) is 3.10. The van der Waals surface area contributed by atoms with Crippen LogP contribution in [0.2, 0.25) is 0 Å². The molecule has 5 heteroatoms. The third-order valence-electron chi connectivity index (χ3n) is 4.49. The summed E-state index contributed by atoms with van der Waals surface area (Å²) in [6.45, 7) is 7.83. The number of thioether (sulfide) groups is 2. The zero-order valence-corrected chi connectivity index (χ0v) is 14.8. The lowest BCUT2D eigenvalue weighted by Crippen LogP contribution is -2.27. The molecule has 0 radical (unpaired) electrons. The maximum atomic E-state index is 4.94. The van der Waals surface area contributed by atoms with Gasteiger partial charge in [0.2, 0.25) is 0 Å². The van der Waals surface area contributed by atoms with Crippen molar-refractivity contribution in [3.8, 4) is 0 Å². The molecule has 21 heavy (non-hydrogen) atoms. The molecule has 3 rings (SSSR count). The molecule has 116 valence electrons. The van der Waals surface area contributed by atoms with Crippen LogP contribution in [0.15, 0.2) is 6.20 Å². The average molecular weight is 324 g/mol. The molecule has 3 nitrogen and oxygen atoms in total. The lowest BCUT2D eigenvalue weighted by atomic mass is 9.92. The van der Waals surface area contributed by atoms with Crippen molar-refractivity contribution in [2.24, 2.45) is 0 Å². The number of nitrogens with one attached hydrogen (secondary N) is 1. The second kappa shape index (κ2) is 6.88. The molecule has 0 aromatic carbocycles. The first-order valence-electron chi connectivity index (χ1n) is 8.05. The van der Waals surface area contributed by atoms with E-state index >= 15 is 0 Å². The Morgan fingerprint density at radius 3 is 2.95 bits per heavy atom. The molecule has 2 heterocycles. The van der Waals surface area contributed by atoms with E-state index in [9.17, 15) is 0 Å². The fourth-order valence-corrected chi connectivity index (χ4v) is 5.95. The van der Waals surface area contributed by atoms with Crippen LogP contribution in [-0.2, 0) is 6.42 Å². The average Bonchev–Trinajstić information content (AvgIpc) is 2.50. The van der Waals surface area contributed by atoms with Gasteiger partial charge in [-0.3, -0.25) is 0 Å². The zero-order valence-electron chi connectivity index (χ0n) is 13.1. The molecule has 0 spiro atoms. The van der Waals surface area contributed by atoms with Gasteiger partial charge in [-0.2, -0.15) is 11.8 Å². The second-order valence-electron chi connectivity index (χ2n) is 6.00. The first kappa shape index (κ1) is 15.6. The Bertz CT molecular complexity index is 494. The van der Waals surface area contributed by atoms with E-state index in [2.05, 4.69) is 44.0 Å². The summed E-state index contributed by atoms with van der Waals surface area (Å²) < 4.78 is 0. The van der Waals surface area contributed by atoms with E-state index in [1.165, 1.54) is 24.1 Å². The van der Waals surface area contributed by atoms with Gasteiger partial charge in [0, 0.05) is 39.7 Å². The minimum absolute atomic E-state index is 0.458. The van der Waals surface area contributed by atoms with Gasteiger partial charge in [0.1, 0.15) is 5.82 Å². The van der Waals surface area contributed by atoms with Gasteiger partial charge in [-0.1, -0.05) is 20.8 Å². The number of aryl methyl sites for hydroxylation is 1. The largest absolute Gasteiger partial charge is 0.310 e. The van der Waals surface area contributed by atoms with Crippen LogP contribution < -0.4 is 5.32 Å². The van der Waals surface area contributed by atoms with Crippen LogP contribution in [0.3, 0.4) is 0 Å². The molecule has 1 aliphatic carbocycles. The van der Waals surface area contributed by atoms with Crippen LogP contribution in [-0.4, -0.2) is 32.8 Å². The maximum absolute atomic E-state index is 4.94. The summed E-state index contributed by atoms with van der Waals surface area (Å²) in [6.07, 6.45) is 5.66. The Morgan fingerprint density at radius 1 is 1.33 bits per heavy atom. The number of hydrogen-bond acceptors (Lipinski definition) is 5. The van der Waals surface area contributed by atoms with E-state index in [0.29, 0.717) is 16.5 Å². The highest BCUT2D eigenvalue weighted by atomic mass is 32.2. The van der Waals surface area contributed by atoms with Crippen LogP contribution in [0.1, 0.15) is 62.0 Å². The van der Waals surface area contributed by atoms with E-state index in [-0.39, 0.29) is 0 Å². The molecule has 1 aliphatic heterocycles. The van der Waals surface area contributed by atoms with Crippen LogP contribution in [0.25, 0.3) is 0 Å². The molecule has 0 bridgehead atoms. The molecule has 1 N–H and O–H groups in total. The van der Waals surface area contributed by atoms with E-state index in [1.54, 1.807) is 0 Å². The summed E-state index contributed by atoms with van der Waals surface area (Å²) in [5.41, 5.74) is 2.62. The van der Waals surface area contributed by atoms with Crippen LogP contribution >= 0.6 is 23.5 Å². The van der Waals surface area contributed by atoms with Gasteiger partial charge in [0.05, 0.1) is 5.25 Å². The van der Waals surface area contributed by atoms with Gasteiger partial charge in [0.25, 0.3) is 0 Å². The van der Waals surface area contributed by atoms with Crippen molar-refractivity contribution >= 4 is 23.5 Å². The fraction of sp³-hybridized carbons (Fsp3) is 0.750. The Balaban J connectivity index is 1.79. The third kappa shape index (κ3) is 3.40. The van der Waals surface area contributed by atoms with Gasteiger partial charge in [0.15, 0.2) is 0 Å². The van der Waals surface area contributed by atoms with Crippen LogP contribution in [0.5, 0.6) is 0 Å². The van der Waals surface area contributed by atoms with E-state index in [4.69, 9.17) is 9.97 Å². The summed E-state index contributed by atoms with van der Waals surface area (Å²) >= 11 is 4.11. The highest BCUT2D eigenvalue weighted by Crippen LogP contribution is 2.43. The van der Waals surface area contributed by atoms with E-state index in [0.717, 1.165) is 29.8 Å². The minimum atomic E-state index is 0.458. The molecule has 4 unspecified atom stereocenters. The summed E-state index contributed by atoms with van der Waals surface area (Å²) in [7, 11) is 0. The molecule has 1 aromatic rings. The van der Waals surface area contributed by atoms with Gasteiger partial charge in [-0.25, -0.2) is 9.97 Å². The summed E-state index contributed by atoms with van der Waals surface area (Å²) in [4.78, 5) is 9.67.